The van der Waals surface area contributed by atoms with Crippen LogP contribution in [0.4, 0.5) is 0 Å². The zero-order valence-corrected chi connectivity index (χ0v) is 16.1. The highest BCUT2D eigenvalue weighted by Gasteiger charge is 2.20. The van der Waals surface area contributed by atoms with Gasteiger partial charge in [0.15, 0.2) is 11.2 Å². The molecule has 0 aliphatic heterocycles. The van der Waals surface area contributed by atoms with Gasteiger partial charge >= 0.3 is 5.69 Å². The van der Waals surface area contributed by atoms with Crippen molar-refractivity contribution < 1.29 is 0 Å². The molecule has 0 saturated heterocycles. The third-order valence-corrected chi connectivity index (χ3v) is 5.08. The minimum absolute atomic E-state index is 0.291. The molecule has 4 rings (SSSR count). The van der Waals surface area contributed by atoms with Crippen LogP contribution >= 0.6 is 0 Å². The van der Waals surface area contributed by atoms with Gasteiger partial charge in [-0.15, -0.1) is 0 Å². The number of fused-ring (bicyclic) bond motifs is 3. The van der Waals surface area contributed by atoms with Crippen LogP contribution in [0, 0.1) is 6.92 Å². The smallest absolute Gasteiger partial charge is 0.283 e. The van der Waals surface area contributed by atoms with Crippen molar-refractivity contribution in [3.05, 3.63) is 62.6 Å². The van der Waals surface area contributed by atoms with E-state index in [9.17, 15) is 9.59 Å². The van der Waals surface area contributed by atoms with Crippen LogP contribution in [-0.2, 0) is 20.0 Å². The van der Waals surface area contributed by atoms with E-state index in [1.807, 2.05) is 24.6 Å². The Hall–Kier alpha value is -3.09. The van der Waals surface area contributed by atoms with E-state index in [0.717, 1.165) is 17.8 Å². The molecule has 0 spiro atoms. The van der Waals surface area contributed by atoms with Crippen molar-refractivity contribution in [1.82, 2.24) is 23.1 Å². The third-order valence-electron chi connectivity index (χ3n) is 5.08. The lowest BCUT2D eigenvalue weighted by molar-refractivity contribution is 0.592. The molecule has 7 nitrogen and oxygen atoms in total. The Kier molecular flexibility index (Phi) is 4.02. The second-order valence-electron chi connectivity index (χ2n) is 6.88. The van der Waals surface area contributed by atoms with Crippen LogP contribution in [0.2, 0.25) is 0 Å². The molecule has 0 fully saturated rings. The normalized spacial score (nSPS) is 11.7. The summed E-state index contributed by atoms with van der Waals surface area (Å²) in [5.74, 6) is 0.632. The van der Waals surface area contributed by atoms with Gasteiger partial charge in [-0.3, -0.25) is 22.9 Å². The number of hydrogen-bond acceptors (Lipinski definition) is 3. The summed E-state index contributed by atoms with van der Waals surface area (Å²) < 4.78 is 6.55. The zero-order valence-electron chi connectivity index (χ0n) is 16.1. The molecule has 0 saturated carbocycles. The molecule has 0 aliphatic rings. The Labute approximate surface area is 156 Å². The van der Waals surface area contributed by atoms with Crippen molar-refractivity contribution in [2.45, 2.75) is 40.2 Å². The van der Waals surface area contributed by atoms with Crippen LogP contribution in [0.3, 0.4) is 0 Å². The van der Waals surface area contributed by atoms with Gasteiger partial charge in [0, 0.05) is 31.2 Å². The van der Waals surface area contributed by atoms with Gasteiger partial charge in [-0.2, -0.15) is 4.98 Å². The topological polar surface area (TPSA) is 66.2 Å². The van der Waals surface area contributed by atoms with Crippen LogP contribution < -0.4 is 11.2 Å². The summed E-state index contributed by atoms with van der Waals surface area (Å²) in [6.45, 7) is 6.45. The lowest BCUT2D eigenvalue weighted by Gasteiger charge is -2.07. The first-order chi connectivity index (χ1) is 13.0. The van der Waals surface area contributed by atoms with E-state index < -0.39 is 0 Å². The van der Waals surface area contributed by atoms with Crippen LogP contribution in [0.1, 0.15) is 31.5 Å². The Balaban J connectivity index is 2.08. The summed E-state index contributed by atoms with van der Waals surface area (Å²) in [5.41, 5.74) is 3.44. The van der Waals surface area contributed by atoms with Crippen molar-refractivity contribution >= 4 is 16.9 Å². The van der Waals surface area contributed by atoms with Crippen LogP contribution in [-0.4, -0.2) is 23.1 Å². The van der Waals surface area contributed by atoms with Gasteiger partial charge in [0.25, 0.3) is 5.56 Å². The molecule has 140 valence electrons. The average Bonchev–Trinajstić information content (AvgIpc) is 3.18. The first-order valence-electron chi connectivity index (χ1n) is 9.27. The summed E-state index contributed by atoms with van der Waals surface area (Å²) >= 11 is 0. The molecular formula is C20H23N5O2. The van der Waals surface area contributed by atoms with E-state index >= 15 is 0 Å². The maximum Gasteiger partial charge on any atom is 0.332 e. The van der Waals surface area contributed by atoms with E-state index in [0.29, 0.717) is 29.9 Å². The largest absolute Gasteiger partial charge is 0.332 e. The number of hydrogen-bond donors (Lipinski definition) is 0. The second-order valence-corrected chi connectivity index (χ2v) is 6.88. The minimum Gasteiger partial charge on any atom is -0.283 e. The van der Waals surface area contributed by atoms with E-state index in [1.54, 1.807) is 11.4 Å². The first kappa shape index (κ1) is 17.3. The van der Waals surface area contributed by atoms with Crippen molar-refractivity contribution in [2.75, 3.05) is 0 Å². The summed E-state index contributed by atoms with van der Waals surface area (Å²) in [4.78, 5) is 30.2. The second kappa shape index (κ2) is 6.26. The van der Waals surface area contributed by atoms with E-state index in [4.69, 9.17) is 0 Å². The molecule has 4 aromatic rings. The average molecular weight is 365 g/mol. The summed E-state index contributed by atoms with van der Waals surface area (Å²) in [5, 5.41) is 0. The molecule has 0 amide bonds. The third kappa shape index (κ3) is 2.45. The van der Waals surface area contributed by atoms with Crippen LogP contribution in [0.15, 0.2) is 40.1 Å². The minimum atomic E-state index is -0.328. The zero-order chi connectivity index (χ0) is 19.3. The molecule has 0 radical (unpaired) electrons. The maximum absolute atomic E-state index is 13.0. The monoisotopic (exact) mass is 365 g/mol. The van der Waals surface area contributed by atoms with Crippen LogP contribution in [0.25, 0.3) is 22.6 Å². The molecule has 3 aromatic heterocycles. The number of benzene rings is 1. The molecule has 3 heterocycles. The number of aryl methyl sites for hydroxylation is 3. The SMILES string of the molecule is CCCn1c(=O)c2c(nc3n(-c4ccc(CC)cc4)c(C)cn23)n(C)c1=O. The van der Waals surface area contributed by atoms with Gasteiger partial charge in [-0.1, -0.05) is 26.0 Å². The number of imidazole rings is 2. The maximum atomic E-state index is 13.0. The fourth-order valence-electron chi connectivity index (χ4n) is 3.63. The van der Waals surface area contributed by atoms with Gasteiger partial charge in [0.05, 0.1) is 0 Å². The standard InChI is InChI=1S/C20H23N5O2/c1-5-11-23-18(26)16-17(22(4)20(23)27)21-19-24(16)12-13(3)25(19)15-9-7-14(6-2)8-10-15/h7-10,12H,5-6,11H2,1-4H3. The molecule has 0 bridgehead atoms. The van der Waals surface area contributed by atoms with Crippen LogP contribution in [0.5, 0.6) is 0 Å². The van der Waals surface area contributed by atoms with Crippen molar-refractivity contribution in [3.8, 4) is 5.69 Å². The van der Waals surface area contributed by atoms with E-state index in [2.05, 4.69) is 36.2 Å². The highest BCUT2D eigenvalue weighted by Crippen LogP contribution is 2.21. The molecule has 0 aliphatic carbocycles. The van der Waals surface area contributed by atoms with Crippen molar-refractivity contribution in [2.24, 2.45) is 7.05 Å². The lowest BCUT2D eigenvalue weighted by Crippen LogP contribution is -2.39. The fraction of sp³-hybridized carbons (Fsp3) is 0.350. The summed E-state index contributed by atoms with van der Waals surface area (Å²) in [7, 11) is 1.66. The molecule has 0 atom stereocenters. The Morgan fingerprint density at radius 1 is 1.07 bits per heavy atom. The lowest BCUT2D eigenvalue weighted by atomic mass is 10.1. The van der Waals surface area contributed by atoms with Gasteiger partial charge < -0.3 is 0 Å². The predicted octanol–water partition coefficient (Wildman–Crippen LogP) is 2.42. The van der Waals surface area contributed by atoms with Gasteiger partial charge in [0.2, 0.25) is 5.78 Å². The Morgan fingerprint density at radius 2 is 1.78 bits per heavy atom. The van der Waals surface area contributed by atoms with Crippen molar-refractivity contribution in [3.63, 3.8) is 0 Å². The number of rotatable bonds is 4. The van der Waals surface area contributed by atoms with Gasteiger partial charge in [0.1, 0.15) is 0 Å². The summed E-state index contributed by atoms with van der Waals surface area (Å²) in [6, 6.07) is 8.30. The van der Waals surface area contributed by atoms with E-state index in [-0.39, 0.29) is 11.2 Å². The first-order valence-corrected chi connectivity index (χ1v) is 9.27. The highest BCUT2D eigenvalue weighted by atomic mass is 16.2. The Morgan fingerprint density at radius 3 is 2.41 bits per heavy atom. The number of nitrogens with zero attached hydrogens (tertiary/aromatic N) is 5. The molecule has 0 N–H and O–H groups in total. The molecule has 27 heavy (non-hydrogen) atoms. The molecule has 0 unspecified atom stereocenters. The van der Waals surface area contributed by atoms with Crippen molar-refractivity contribution in [1.29, 1.82) is 0 Å². The molecule has 1 aromatic carbocycles. The van der Waals surface area contributed by atoms with Gasteiger partial charge in [-0.25, -0.2) is 4.79 Å². The number of aromatic nitrogens is 5. The quantitative estimate of drug-likeness (QED) is 0.558. The summed E-state index contributed by atoms with van der Waals surface area (Å²) in [6.07, 6.45) is 3.60. The van der Waals surface area contributed by atoms with Gasteiger partial charge in [-0.05, 0) is 37.5 Å². The van der Waals surface area contributed by atoms with E-state index in [1.165, 1.54) is 14.7 Å². The fourth-order valence-corrected chi connectivity index (χ4v) is 3.63. The molecular weight excluding hydrogens is 342 g/mol. The predicted molar refractivity (Wildman–Crippen MR) is 106 cm³/mol. The molecule has 7 heteroatoms. The highest BCUT2D eigenvalue weighted by molar-refractivity contribution is 5.76. The Bertz CT molecular complexity index is 1270.